The summed E-state index contributed by atoms with van der Waals surface area (Å²) >= 11 is 32.9. The zero-order valence-corrected chi connectivity index (χ0v) is 30.2. The second-order valence-corrected chi connectivity index (χ2v) is 16.8. The van der Waals surface area contributed by atoms with Crippen LogP contribution in [0.1, 0.15) is 64.7 Å². The molecule has 0 aliphatic carbocycles. The van der Waals surface area contributed by atoms with Crippen LogP contribution in [-0.2, 0) is 30.9 Å². The maximum absolute atomic E-state index is 13.6. The second-order valence-electron chi connectivity index (χ2n) is 11.7. The number of methoxy groups -OCH3 is 1. The smallest absolute Gasteiger partial charge is 0.341 e. The molecule has 2 aliphatic heterocycles. The minimum absolute atomic E-state index is 0.00800. The number of halogens is 5. The Kier molecular flexibility index (Phi) is 10.6. The van der Waals surface area contributed by atoms with Gasteiger partial charge in [0.15, 0.2) is 11.4 Å². The fourth-order valence-corrected chi connectivity index (χ4v) is 8.27. The topological polar surface area (TPSA) is 131 Å². The van der Waals surface area contributed by atoms with E-state index in [4.69, 9.17) is 72.2 Å². The molecule has 1 spiro atoms. The lowest BCUT2D eigenvalue weighted by atomic mass is 9.76. The monoisotopic (exact) mass is 763 g/mol. The Morgan fingerprint density at radius 3 is 2.30 bits per heavy atom. The molecule has 0 fully saturated rings. The van der Waals surface area contributed by atoms with E-state index in [1.165, 1.54) is 31.5 Å². The van der Waals surface area contributed by atoms with Crippen LogP contribution in [-0.4, -0.2) is 55.7 Å². The van der Waals surface area contributed by atoms with E-state index in [0.717, 1.165) is 25.7 Å². The number of fused-ring (bicyclic) bond motifs is 6. The summed E-state index contributed by atoms with van der Waals surface area (Å²) in [7, 11) is -1.46. The molecule has 2 heterocycles. The molecule has 0 aromatic heterocycles. The van der Waals surface area contributed by atoms with Gasteiger partial charge in [-0.25, -0.2) is 4.79 Å². The van der Waals surface area contributed by atoms with Crippen LogP contribution in [0, 0.1) is 0 Å². The molecule has 0 saturated carbocycles. The zero-order chi connectivity index (χ0) is 34.4. The molecule has 47 heavy (non-hydrogen) atoms. The maximum atomic E-state index is 13.6. The number of ether oxygens (including phenoxy) is 3. The quantitative estimate of drug-likeness (QED) is 0.0583. The third-order valence-electron chi connectivity index (χ3n) is 8.19. The Morgan fingerprint density at radius 1 is 0.936 bits per heavy atom. The van der Waals surface area contributed by atoms with Gasteiger partial charge in [0.25, 0.3) is 0 Å². The van der Waals surface area contributed by atoms with Gasteiger partial charge in [0, 0.05) is 49.4 Å². The fourth-order valence-electron chi connectivity index (χ4n) is 5.89. The molecule has 0 saturated heterocycles. The third kappa shape index (κ3) is 6.41. The molecule has 1 unspecified atom stereocenters. The predicted molar refractivity (Wildman–Crippen MR) is 184 cm³/mol. The number of carbonyl (C=O) groups excluding carboxylic acids is 2. The molecular weight excluding hydrogens is 735 g/mol. The lowest BCUT2D eigenvalue weighted by molar-refractivity contribution is -0.121. The van der Waals surface area contributed by atoms with Gasteiger partial charge in [-0.2, -0.15) is 0 Å². The minimum Gasteiger partial charge on any atom is -0.507 e. The number of carbonyl (C=O) groups is 2. The molecule has 1 atom stereocenters. The number of aryl methyl sites for hydroxylation is 1. The van der Waals surface area contributed by atoms with Crippen LogP contribution in [0.5, 0.6) is 23.0 Å². The van der Waals surface area contributed by atoms with Crippen molar-refractivity contribution < 1.29 is 38.6 Å². The van der Waals surface area contributed by atoms with Crippen LogP contribution in [0.25, 0.3) is 0 Å². The van der Waals surface area contributed by atoms with Crippen LogP contribution in [0.2, 0.25) is 25.1 Å². The van der Waals surface area contributed by atoms with E-state index in [1.54, 1.807) is 7.11 Å². The van der Waals surface area contributed by atoms with Crippen molar-refractivity contribution >= 4 is 82.3 Å². The van der Waals surface area contributed by atoms with Crippen molar-refractivity contribution in [3.8, 4) is 23.0 Å². The standard InChI is InChI=1S/C32H31Cl5NO8P/c1-44-11-7-5-4-6-10-38-21(40)9-8-15-12-17-30(28(37)29(15)41)45-19-14-18(39)20(47(2,3)43)13-16(19)32(17)23-22(31(42)46-32)24(33)26(35)27(36)25(23)34/h12-14,39,41H,4-11H2,1-3H3,(H,38,40). The summed E-state index contributed by atoms with van der Waals surface area (Å²) in [6.45, 7) is 4.13. The number of benzene rings is 3. The van der Waals surface area contributed by atoms with Gasteiger partial charge in [0.1, 0.15) is 29.4 Å². The van der Waals surface area contributed by atoms with E-state index in [2.05, 4.69) is 5.32 Å². The zero-order valence-electron chi connectivity index (χ0n) is 25.6. The number of esters is 1. The highest BCUT2D eigenvalue weighted by molar-refractivity contribution is 7.70. The van der Waals surface area contributed by atoms with E-state index < -0.39 is 18.7 Å². The van der Waals surface area contributed by atoms with Crippen molar-refractivity contribution in [2.45, 2.75) is 44.1 Å². The van der Waals surface area contributed by atoms with Gasteiger partial charge in [0.2, 0.25) is 5.91 Å². The molecule has 2 aliphatic rings. The van der Waals surface area contributed by atoms with E-state index in [0.29, 0.717) is 13.2 Å². The second kappa shape index (κ2) is 13.9. The van der Waals surface area contributed by atoms with E-state index in [-0.39, 0.29) is 100.0 Å². The molecule has 15 heteroatoms. The number of rotatable bonds is 11. The summed E-state index contributed by atoms with van der Waals surface area (Å²) < 4.78 is 30.6. The lowest BCUT2D eigenvalue weighted by Crippen LogP contribution is -2.34. The summed E-state index contributed by atoms with van der Waals surface area (Å²) in [4.78, 5) is 26.4. The van der Waals surface area contributed by atoms with Gasteiger partial charge < -0.3 is 34.3 Å². The number of hydrogen-bond donors (Lipinski definition) is 3. The summed E-state index contributed by atoms with van der Waals surface area (Å²) in [5, 5.41) is 24.1. The fraction of sp³-hybridized carbons (Fsp3) is 0.375. The van der Waals surface area contributed by atoms with Crippen molar-refractivity contribution in [1.82, 2.24) is 5.32 Å². The SMILES string of the molecule is COCCCCCCNC(=O)CCc1cc2c(c(Cl)c1O)Oc1cc(O)c(P(C)(C)=O)cc1C21OC(=O)c2c(Cl)c(Cl)c(Cl)c(Cl)c21. The summed E-state index contributed by atoms with van der Waals surface area (Å²) in [6.07, 6.45) is 3.76. The van der Waals surface area contributed by atoms with Crippen LogP contribution in [0.3, 0.4) is 0 Å². The van der Waals surface area contributed by atoms with E-state index in [1.807, 2.05) is 0 Å². The molecule has 1 amide bonds. The highest BCUT2D eigenvalue weighted by Gasteiger charge is 2.57. The first-order valence-corrected chi connectivity index (χ1v) is 19.1. The molecule has 0 bridgehead atoms. The van der Waals surface area contributed by atoms with Gasteiger partial charge >= 0.3 is 5.97 Å². The molecular formula is C32H31Cl5NO8P. The van der Waals surface area contributed by atoms with Crippen LogP contribution < -0.4 is 15.4 Å². The summed E-state index contributed by atoms with van der Waals surface area (Å²) in [6, 6.07) is 4.13. The summed E-state index contributed by atoms with van der Waals surface area (Å²) in [5.74, 6) is -1.96. The highest BCUT2D eigenvalue weighted by atomic mass is 35.5. The number of amides is 1. The van der Waals surface area contributed by atoms with Gasteiger partial charge in [-0.3, -0.25) is 4.79 Å². The largest absolute Gasteiger partial charge is 0.507 e. The normalized spacial score (nSPS) is 16.4. The molecule has 252 valence electrons. The van der Waals surface area contributed by atoms with Gasteiger partial charge in [0.05, 0.1) is 31.0 Å². The Bertz CT molecular complexity index is 1850. The molecule has 3 N–H and O–H groups in total. The van der Waals surface area contributed by atoms with Gasteiger partial charge in [-0.05, 0) is 50.3 Å². The summed E-state index contributed by atoms with van der Waals surface area (Å²) in [5.41, 5.74) is -1.59. The number of phenols is 2. The van der Waals surface area contributed by atoms with Crippen LogP contribution >= 0.6 is 65.1 Å². The lowest BCUT2D eigenvalue weighted by Gasteiger charge is -2.38. The van der Waals surface area contributed by atoms with E-state index in [9.17, 15) is 24.4 Å². The first-order valence-electron chi connectivity index (χ1n) is 14.7. The number of aromatic hydroxyl groups is 2. The average molecular weight is 766 g/mol. The van der Waals surface area contributed by atoms with Crippen molar-refractivity contribution in [1.29, 1.82) is 0 Å². The average Bonchev–Trinajstić information content (AvgIpc) is 3.32. The van der Waals surface area contributed by atoms with Crippen LogP contribution in [0.4, 0.5) is 0 Å². The number of hydrogen-bond acceptors (Lipinski definition) is 8. The number of nitrogens with one attached hydrogen (secondary N) is 1. The van der Waals surface area contributed by atoms with Crippen molar-refractivity contribution in [3.63, 3.8) is 0 Å². The Labute approximate surface area is 296 Å². The first-order chi connectivity index (χ1) is 22.1. The van der Waals surface area contributed by atoms with E-state index >= 15 is 0 Å². The first kappa shape index (κ1) is 35.9. The third-order valence-corrected chi connectivity index (χ3v) is 11.9. The molecule has 0 radical (unpaired) electrons. The van der Waals surface area contributed by atoms with Crippen molar-refractivity contribution in [2.24, 2.45) is 0 Å². The molecule has 3 aromatic carbocycles. The Balaban J connectivity index is 1.62. The van der Waals surface area contributed by atoms with Crippen LogP contribution in [0.15, 0.2) is 18.2 Å². The molecule has 3 aromatic rings. The molecule has 5 rings (SSSR count). The predicted octanol–water partition coefficient (Wildman–Crippen LogP) is 8.44. The highest BCUT2D eigenvalue weighted by Crippen LogP contribution is 2.63. The molecule has 9 nitrogen and oxygen atoms in total. The minimum atomic E-state index is -3.12. The Hall–Kier alpha value is -2.36. The van der Waals surface area contributed by atoms with Crippen molar-refractivity contribution in [3.05, 3.63) is 71.1 Å². The van der Waals surface area contributed by atoms with Gasteiger partial charge in [-0.15, -0.1) is 0 Å². The Morgan fingerprint density at radius 2 is 1.62 bits per heavy atom. The number of phenolic OH excluding ortho intramolecular Hbond substituents is 2. The van der Waals surface area contributed by atoms with Crippen molar-refractivity contribution in [2.75, 3.05) is 33.6 Å². The van der Waals surface area contributed by atoms with Gasteiger partial charge in [-0.1, -0.05) is 70.8 Å². The number of unbranched alkanes of at least 4 members (excludes halogenated alkanes) is 3. The maximum Gasteiger partial charge on any atom is 0.341 e.